The van der Waals surface area contributed by atoms with E-state index in [1.807, 2.05) is 50.8 Å². The van der Waals surface area contributed by atoms with Crippen molar-refractivity contribution >= 4 is 23.6 Å². The highest BCUT2D eigenvalue weighted by Crippen LogP contribution is 2.32. The molecule has 2 aliphatic heterocycles. The van der Waals surface area contributed by atoms with E-state index in [0.717, 1.165) is 12.0 Å². The highest BCUT2D eigenvalue weighted by atomic mass is 35.5. The lowest BCUT2D eigenvalue weighted by atomic mass is 9.93. The number of hydrogen-bond donors (Lipinski definition) is 0. The van der Waals surface area contributed by atoms with Crippen LogP contribution in [0.5, 0.6) is 0 Å². The van der Waals surface area contributed by atoms with E-state index in [0.29, 0.717) is 24.7 Å². The second-order valence-electron chi connectivity index (χ2n) is 8.09. The molecule has 1 aromatic rings. The maximum absolute atomic E-state index is 13.1. The van der Waals surface area contributed by atoms with Gasteiger partial charge < -0.3 is 19.3 Å². The molecule has 148 valence electrons. The predicted octanol–water partition coefficient (Wildman–Crippen LogP) is 3.42. The summed E-state index contributed by atoms with van der Waals surface area (Å²) in [6.07, 6.45) is -0.313. The smallest absolute Gasteiger partial charge is 0.410 e. The number of benzene rings is 1. The first-order valence-electron chi connectivity index (χ1n) is 9.34. The molecule has 0 unspecified atom stereocenters. The number of carbonyl (C=O) groups excluding carboxylic acids is 2. The number of amides is 2. The average molecular weight is 395 g/mol. The third-order valence-electron chi connectivity index (χ3n) is 4.92. The van der Waals surface area contributed by atoms with Gasteiger partial charge in [0.25, 0.3) is 5.91 Å². The van der Waals surface area contributed by atoms with Crippen LogP contribution in [0.3, 0.4) is 0 Å². The molecule has 0 saturated carbocycles. The van der Waals surface area contributed by atoms with Crippen molar-refractivity contribution in [2.24, 2.45) is 0 Å². The van der Waals surface area contributed by atoms with Crippen LogP contribution in [0.4, 0.5) is 4.79 Å². The second-order valence-corrected chi connectivity index (χ2v) is 8.52. The van der Waals surface area contributed by atoms with Gasteiger partial charge in [0.1, 0.15) is 5.60 Å². The molecule has 3 rings (SSSR count). The molecule has 0 bridgehead atoms. The van der Waals surface area contributed by atoms with Gasteiger partial charge in [-0.3, -0.25) is 4.79 Å². The minimum atomic E-state index is -0.664. The fourth-order valence-corrected chi connectivity index (χ4v) is 3.77. The standard InChI is InChI=1S/C20H27ClN2O4/c1-13-16-6-5-15(21)11-14(16)7-8-23(13)18(24)17-12-22(9-10-26-17)19(25)27-20(2,3)4/h5-6,11,13,17H,7-10,12H2,1-4H3/t13-,17+/m0/s1. The lowest BCUT2D eigenvalue weighted by Gasteiger charge is -2.40. The Morgan fingerprint density at radius 2 is 2.00 bits per heavy atom. The summed E-state index contributed by atoms with van der Waals surface area (Å²) in [5, 5.41) is 0.712. The number of fused-ring (bicyclic) bond motifs is 1. The van der Waals surface area contributed by atoms with Crippen LogP contribution in [0.25, 0.3) is 0 Å². The molecule has 27 heavy (non-hydrogen) atoms. The first-order valence-corrected chi connectivity index (χ1v) is 9.72. The van der Waals surface area contributed by atoms with Gasteiger partial charge >= 0.3 is 6.09 Å². The topological polar surface area (TPSA) is 59.1 Å². The van der Waals surface area contributed by atoms with Gasteiger partial charge in [-0.05, 0) is 57.4 Å². The van der Waals surface area contributed by atoms with Crippen molar-refractivity contribution in [1.29, 1.82) is 0 Å². The molecule has 2 heterocycles. The van der Waals surface area contributed by atoms with Crippen LogP contribution in [0, 0.1) is 0 Å². The Bertz CT molecular complexity index is 731. The highest BCUT2D eigenvalue weighted by molar-refractivity contribution is 6.30. The van der Waals surface area contributed by atoms with Gasteiger partial charge in [-0.2, -0.15) is 0 Å². The number of morpholine rings is 1. The van der Waals surface area contributed by atoms with Crippen molar-refractivity contribution in [2.75, 3.05) is 26.2 Å². The number of halogens is 1. The van der Waals surface area contributed by atoms with Crippen molar-refractivity contribution in [3.63, 3.8) is 0 Å². The van der Waals surface area contributed by atoms with Gasteiger partial charge in [0.05, 0.1) is 19.2 Å². The number of ether oxygens (including phenoxy) is 2. The lowest BCUT2D eigenvalue weighted by Crippen LogP contribution is -2.54. The van der Waals surface area contributed by atoms with Crippen molar-refractivity contribution in [3.05, 3.63) is 34.3 Å². The van der Waals surface area contributed by atoms with E-state index in [9.17, 15) is 9.59 Å². The summed E-state index contributed by atoms with van der Waals surface area (Å²) >= 11 is 6.09. The minimum absolute atomic E-state index is 0.0565. The number of nitrogens with zero attached hydrogens (tertiary/aromatic N) is 2. The van der Waals surface area contributed by atoms with Gasteiger partial charge in [-0.25, -0.2) is 4.79 Å². The summed E-state index contributed by atoms with van der Waals surface area (Å²) in [5.74, 6) is -0.0867. The molecule has 0 spiro atoms. The van der Waals surface area contributed by atoms with E-state index in [4.69, 9.17) is 21.1 Å². The van der Waals surface area contributed by atoms with E-state index in [1.54, 1.807) is 4.90 Å². The molecular formula is C20H27ClN2O4. The van der Waals surface area contributed by atoms with E-state index in [1.165, 1.54) is 5.56 Å². The Morgan fingerprint density at radius 1 is 1.26 bits per heavy atom. The molecule has 1 aromatic carbocycles. The Labute approximate surface area is 165 Å². The molecule has 0 aromatic heterocycles. The van der Waals surface area contributed by atoms with Crippen molar-refractivity contribution in [3.8, 4) is 0 Å². The zero-order valence-electron chi connectivity index (χ0n) is 16.3. The first kappa shape index (κ1) is 20.0. The zero-order chi connectivity index (χ0) is 19.8. The lowest BCUT2D eigenvalue weighted by molar-refractivity contribution is -0.151. The van der Waals surface area contributed by atoms with E-state index < -0.39 is 17.8 Å². The molecule has 2 atom stereocenters. The summed E-state index contributed by atoms with van der Waals surface area (Å²) in [5.41, 5.74) is 1.72. The Hall–Kier alpha value is -1.79. The maximum atomic E-state index is 13.1. The van der Waals surface area contributed by atoms with E-state index >= 15 is 0 Å². The number of rotatable bonds is 1. The average Bonchev–Trinajstić information content (AvgIpc) is 2.60. The summed E-state index contributed by atoms with van der Waals surface area (Å²) in [7, 11) is 0. The SMILES string of the molecule is C[C@H]1c2ccc(Cl)cc2CCN1C(=O)[C@H]1CN(C(=O)OC(C)(C)C)CCO1. The normalized spacial score (nSPS) is 23.0. The fraction of sp³-hybridized carbons (Fsp3) is 0.600. The largest absolute Gasteiger partial charge is 0.444 e. The van der Waals surface area contributed by atoms with Crippen LogP contribution in [-0.2, 0) is 20.7 Å². The first-order chi connectivity index (χ1) is 12.7. The predicted molar refractivity (Wildman–Crippen MR) is 103 cm³/mol. The van der Waals surface area contributed by atoms with Crippen LogP contribution in [0.1, 0.15) is 44.9 Å². The van der Waals surface area contributed by atoms with Gasteiger partial charge in [0, 0.05) is 18.1 Å². The Kier molecular flexibility index (Phi) is 5.68. The van der Waals surface area contributed by atoms with E-state index in [-0.39, 0.29) is 18.5 Å². The monoisotopic (exact) mass is 394 g/mol. The van der Waals surface area contributed by atoms with Crippen LogP contribution in [0.15, 0.2) is 18.2 Å². The van der Waals surface area contributed by atoms with Crippen LogP contribution < -0.4 is 0 Å². The summed E-state index contributed by atoms with van der Waals surface area (Å²) < 4.78 is 11.1. The van der Waals surface area contributed by atoms with E-state index in [2.05, 4.69) is 0 Å². The number of carbonyl (C=O) groups is 2. The molecule has 2 amide bonds. The van der Waals surface area contributed by atoms with Crippen molar-refractivity contribution < 1.29 is 19.1 Å². The molecule has 0 aliphatic carbocycles. The molecule has 0 radical (unpaired) electrons. The second kappa shape index (κ2) is 7.68. The zero-order valence-corrected chi connectivity index (χ0v) is 17.1. The molecule has 1 fully saturated rings. The molecular weight excluding hydrogens is 368 g/mol. The van der Waals surface area contributed by atoms with Gasteiger partial charge in [-0.1, -0.05) is 17.7 Å². The third-order valence-corrected chi connectivity index (χ3v) is 5.16. The molecule has 2 aliphatic rings. The minimum Gasteiger partial charge on any atom is -0.444 e. The van der Waals surface area contributed by atoms with Gasteiger partial charge in [-0.15, -0.1) is 0 Å². The summed E-state index contributed by atoms with van der Waals surface area (Å²) in [6, 6.07) is 5.75. The van der Waals surface area contributed by atoms with Crippen molar-refractivity contribution in [1.82, 2.24) is 9.80 Å². The molecule has 1 saturated heterocycles. The molecule has 7 heteroatoms. The quantitative estimate of drug-likeness (QED) is 0.732. The van der Waals surface area contributed by atoms with Gasteiger partial charge in [0.15, 0.2) is 6.10 Å². The summed E-state index contributed by atoms with van der Waals surface area (Å²) in [4.78, 5) is 28.8. The van der Waals surface area contributed by atoms with Crippen LogP contribution in [0.2, 0.25) is 5.02 Å². The Morgan fingerprint density at radius 3 is 2.70 bits per heavy atom. The highest BCUT2D eigenvalue weighted by Gasteiger charge is 2.37. The van der Waals surface area contributed by atoms with Crippen LogP contribution >= 0.6 is 11.6 Å². The van der Waals surface area contributed by atoms with Crippen LogP contribution in [-0.4, -0.2) is 59.7 Å². The number of hydrogen-bond acceptors (Lipinski definition) is 4. The summed E-state index contributed by atoms with van der Waals surface area (Å²) in [6.45, 7) is 9.06. The van der Waals surface area contributed by atoms with Crippen molar-refractivity contribution in [2.45, 2.75) is 51.9 Å². The molecule has 0 N–H and O–H groups in total. The fourth-order valence-electron chi connectivity index (χ4n) is 3.58. The van der Waals surface area contributed by atoms with Gasteiger partial charge in [0.2, 0.25) is 0 Å². The third kappa shape index (κ3) is 4.55. The molecule has 6 nitrogen and oxygen atoms in total. The maximum Gasteiger partial charge on any atom is 0.410 e. The Balaban J connectivity index is 1.68.